The molecule has 1 aliphatic rings. The molecule has 6 heteroatoms. The predicted octanol–water partition coefficient (Wildman–Crippen LogP) is 2.22. The first kappa shape index (κ1) is 15.3. The molecule has 0 bridgehead atoms. The number of halogens is 1. The molecule has 1 aliphatic carbocycles. The minimum absolute atomic E-state index is 0.0977. The van der Waals surface area contributed by atoms with Crippen LogP contribution in [0.2, 0.25) is 0 Å². The summed E-state index contributed by atoms with van der Waals surface area (Å²) in [5.74, 6) is -0.725. The van der Waals surface area contributed by atoms with Crippen LogP contribution in [0.25, 0.3) is 0 Å². The van der Waals surface area contributed by atoms with Crippen LogP contribution in [0.3, 0.4) is 0 Å². The first-order valence-electron chi connectivity index (χ1n) is 7.03. The van der Waals surface area contributed by atoms with Gasteiger partial charge in [-0.15, -0.1) is 0 Å². The van der Waals surface area contributed by atoms with Crippen LogP contribution in [0, 0.1) is 11.7 Å². The molecule has 2 N–H and O–H groups in total. The third-order valence-electron chi connectivity index (χ3n) is 3.36. The SMILES string of the molecule is O=C(O)CCNC(=O)N(Cc1ccc(F)cc1)CC1CC1. The van der Waals surface area contributed by atoms with Crippen LogP contribution >= 0.6 is 0 Å². The molecule has 1 saturated carbocycles. The second kappa shape index (κ2) is 7.06. The van der Waals surface area contributed by atoms with E-state index in [-0.39, 0.29) is 24.8 Å². The standard InChI is InChI=1S/C15H19FN2O3/c16-13-5-3-12(4-6-13)10-18(9-11-1-2-11)15(21)17-8-7-14(19)20/h3-6,11H,1-2,7-10H2,(H,17,21)(H,19,20). The van der Waals surface area contributed by atoms with E-state index in [9.17, 15) is 14.0 Å². The van der Waals surface area contributed by atoms with E-state index in [0.29, 0.717) is 19.0 Å². The molecule has 5 nitrogen and oxygen atoms in total. The van der Waals surface area contributed by atoms with Gasteiger partial charge in [0.05, 0.1) is 6.42 Å². The van der Waals surface area contributed by atoms with Gasteiger partial charge in [-0.2, -0.15) is 0 Å². The van der Waals surface area contributed by atoms with Crippen molar-refractivity contribution in [3.8, 4) is 0 Å². The van der Waals surface area contributed by atoms with E-state index in [4.69, 9.17) is 5.11 Å². The summed E-state index contributed by atoms with van der Waals surface area (Å²) < 4.78 is 12.9. The highest BCUT2D eigenvalue weighted by Crippen LogP contribution is 2.30. The van der Waals surface area contributed by atoms with Crippen LogP contribution in [0.15, 0.2) is 24.3 Å². The number of nitrogens with one attached hydrogen (secondary N) is 1. The first-order valence-corrected chi connectivity index (χ1v) is 7.03. The van der Waals surface area contributed by atoms with Crippen molar-refractivity contribution >= 4 is 12.0 Å². The maximum atomic E-state index is 12.9. The number of benzene rings is 1. The van der Waals surface area contributed by atoms with Gasteiger partial charge in [-0.1, -0.05) is 12.1 Å². The Balaban J connectivity index is 1.91. The van der Waals surface area contributed by atoms with Crippen molar-refractivity contribution in [3.05, 3.63) is 35.6 Å². The van der Waals surface area contributed by atoms with Gasteiger partial charge in [0.2, 0.25) is 0 Å². The van der Waals surface area contributed by atoms with Crippen LogP contribution in [0.4, 0.5) is 9.18 Å². The number of carboxylic acid groups (broad SMARTS) is 1. The molecule has 2 amide bonds. The fourth-order valence-electron chi connectivity index (χ4n) is 2.03. The van der Waals surface area contributed by atoms with Gasteiger partial charge in [0.15, 0.2) is 0 Å². The summed E-state index contributed by atoms with van der Waals surface area (Å²) in [6, 6.07) is 5.77. The highest BCUT2D eigenvalue weighted by molar-refractivity contribution is 5.75. The number of urea groups is 1. The zero-order valence-corrected chi connectivity index (χ0v) is 11.7. The Morgan fingerprint density at radius 2 is 1.95 bits per heavy atom. The predicted molar refractivity (Wildman–Crippen MR) is 75.2 cm³/mol. The van der Waals surface area contributed by atoms with E-state index in [0.717, 1.165) is 18.4 Å². The molecule has 0 aromatic heterocycles. The molecule has 0 aliphatic heterocycles. The zero-order chi connectivity index (χ0) is 15.2. The fraction of sp³-hybridized carbons (Fsp3) is 0.467. The Kier molecular flexibility index (Phi) is 5.14. The van der Waals surface area contributed by atoms with Crippen molar-refractivity contribution in [2.45, 2.75) is 25.8 Å². The van der Waals surface area contributed by atoms with E-state index in [1.165, 1.54) is 12.1 Å². The van der Waals surface area contributed by atoms with Gasteiger partial charge >= 0.3 is 12.0 Å². The second-order valence-electron chi connectivity index (χ2n) is 5.33. The molecular formula is C15H19FN2O3. The van der Waals surface area contributed by atoms with Gasteiger partial charge in [-0.25, -0.2) is 9.18 Å². The molecule has 21 heavy (non-hydrogen) atoms. The summed E-state index contributed by atoms with van der Waals surface area (Å²) in [5, 5.41) is 11.2. The Hall–Kier alpha value is -2.11. The third kappa shape index (κ3) is 5.41. The minimum atomic E-state index is -0.942. The normalized spacial score (nSPS) is 13.8. The fourth-order valence-corrected chi connectivity index (χ4v) is 2.03. The number of hydrogen-bond donors (Lipinski definition) is 2. The van der Waals surface area contributed by atoms with Crippen molar-refractivity contribution in [2.75, 3.05) is 13.1 Å². The molecule has 1 aromatic carbocycles. The number of rotatable bonds is 7. The van der Waals surface area contributed by atoms with Gasteiger partial charge in [0, 0.05) is 19.6 Å². The summed E-state index contributed by atoms with van der Waals surface area (Å²) in [6.45, 7) is 1.16. The number of carbonyl (C=O) groups excluding carboxylic acids is 1. The van der Waals surface area contributed by atoms with E-state index < -0.39 is 5.97 Å². The monoisotopic (exact) mass is 294 g/mol. The molecular weight excluding hydrogens is 275 g/mol. The number of carbonyl (C=O) groups is 2. The summed E-state index contributed by atoms with van der Waals surface area (Å²) in [5.41, 5.74) is 0.852. The number of aliphatic carboxylic acids is 1. The summed E-state index contributed by atoms with van der Waals surface area (Å²) in [4.78, 5) is 24.2. The number of nitrogens with zero attached hydrogens (tertiary/aromatic N) is 1. The minimum Gasteiger partial charge on any atom is -0.481 e. The lowest BCUT2D eigenvalue weighted by atomic mass is 10.2. The summed E-state index contributed by atoms with van der Waals surface area (Å²) in [7, 11) is 0. The molecule has 0 heterocycles. The van der Waals surface area contributed by atoms with Crippen molar-refractivity contribution < 1.29 is 19.1 Å². The molecule has 0 unspecified atom stereocenters. The number of hydrogen-bond acceptors (Lipinski definition) is 2. The van der Waals surface area contributed by atoms with E-state index in [2.05, 4.69) is 5.32 Å². The lowest BCUT2D eigenvalue weighted by Crippen LogP contribution is -2.41. The third-order valence-corrected chi connectivity index (χ3v) is 3.36. The number of amides is 2. The zero-order valence-electron chi connectivity index (χ0n) is 11.7. The van der Waals surface area contributed by atoms with E-state index >= 15 is 0 Å². The quantitative estimate of drug-likeness (QED) is 0.810. The average Bonchev–Trinajstić information content (AvgIpc) is 3.24. The first-order chi connectivity index (χ1) is 10.0. The molecule has 2 rings (SSSR count). The Morgan fingerprint density at radius 1 is 1.29 bits per heavy atom. The van der Waals surface area contributed by atoms with Crippen molar-refractivity contribution in [3.63, 3.8) is 0 Å². The van der Waals surface area contributed by atoms with Gasteiger partial charge < -0.3 is 15.3 Å². The van der Waals surface area contributed by atoms with Gasteiger partial charge in [0.1, 0.15) is 5.82 Å². The summed E-state index contributed by atoms with van der Waals surface area (Å²) >= 11 is 0. The molecule has 0 radical (unpaired) electrons. The smallest absolute Gasteiger partial charge is 0.317 e. The topological polar surface area (TPSA) is 69.6 Å². The van der Waals surface area contributed by atoms with Gasteiger partial charge in [-0.3, -0.25) is 4.79 Å². The van der Waals surface area contributed by atoms with Crippen LogP contribution < -0.4 is 5.32 Å². The van der Waals surface area contributed by atoms with Crippen LogP contribution in [-0.4, -0.2) is 35.1 Å². The molecule has 0 atom stereocenters. The molecule has 1 fully saturated rings. The maximum absolute atomic E-state index is 12.9. The van der Waals surface area contributed by atoms with Crippen molar-refractivity contribution in [1.29, 1.82) is 0 Å². The van der Waals surface area contributed by atoms with Crippen LogP contribution in [0.5, 0.6) is 0 Å². The van der Waals surface area contributed by atoms with Crippen LogP contribution in [0.1, 0.15) is 24.8 Å². The van der Waals surface area contributed by atoms with Gasteiger partial charge in [0.25, 0.3) is 0 Å². The average molecular weight is 294 g/mol. The van der Waals surface area contributed by atoms with Crippen molar-refractivity contribution in [2.24, 2.45) is 5.92 Å². The Bertz CT molecular complexity index is 500. The van der Waals surface area contributed by atoms with Crippen molar-refractivity contribution in [1.82, 2.24) is 10.2 Å². The lowest BCUT2D eigenvalue weighted by molar-refractivity contribution is -0.136. The highest BCUT2D eigenvalue weighted by atomic mass is 19.1. The van der Waals surface area contributed by atoms with E-state index in [1.54, 1.807) is 17.0 Å². The van der Waals surface area contributed by atoms with Gasteiger partial charge in [-0.05, 0) is 36.5 Å². The summed E-state index contributed by atoms with van der Waals surface area (Å²) in [6.07, 6.45) is 2.13. The molecule has 0 saturated heterocycles. The second-order valence-corrected chi connectivity index (χ2v) is 5.33. The Morgan fingerprint density at radius 3 is 2.52 bits per heavy atom. The highest BCUT2D eigenvalue weighted by Gasteiger charge is 2.26. The van der Waals surface area contributed by atoms with Crippen LogP contribution in [-0.2, 0) is 11.3 Å². The molecule has 0 spiro atoms. The van der Waals surface area contributed by atoms with E-state index in [1.807, 2.05) is 0 Å². The largest absolute Gasteiger partial charge is 0.481 e. The number of carboxylic acids is 1. The Labute approximate surface area is 122 Å². The molecule has 1 aromatic rings. The lowest BCUT2D eigenvalue weighted by Gasteiger charge is -2.23. The molecule has 114 valence electrons. The maximum Gasteiger partial charge on any atom is 0.317 e.